The highest BCUT2D eigenvalue weighted by atomic mass is 16.5. The van der Waals surface area contributed by atoms with Crippen molar-refractivity contribution >= 4 is 17.5 Å². The minimum atomic E-state index is -0.388. The van der Waals surface area contributed by atoms with Crippen molar-refractivity contribution in [2.45, 2.75) is 32.6 Å². The smallest absolute Gasteiger partial charge is 0.340 e. The summed E-state index contributed by atoms with van der Waals surface area (Å²) >= 11 is 0. The molecule has 114 valence electrons. The van der Waals surface area contributed by atoms with Gasteiger partial charge in [-0.05, 0) is 56.4 Å². The zero-order valence-electron chi connectivity index (χ0n) is 12.5. The first-order valence-electron chi connectivity index (χ1n) is 7.86. The van der Waals surface area contributed by atoms with Crippen LogP contribution >= 0.6 is 0 Å². The molecule has 3 rings (SSSR count). The molecule has 0 atom stereocenters. The molecule has 1 aromatic rings. The van der Waals surface area contributed by atoms with Crippen LogP contribution in [0, 0.1) is 17.8 Å². The number of nitrogens with zero attached hydrogens (tertiary/aromatic N) is 1. The highest BCUT2D eigenvalue weighted by molar-refractivity contribution is 5.97. The third kappa shape index (κ3) is 3.28. The van der Waals surface area contributed by atoms with E-state index in [2.05, 4.69) is 10.3 Å². The Bertz CT molecular complexity index is 512. The summed E-state index contributed by atoms with van der Waals surface area (Å²) in [5, 5.41) is 3.35. The van der Waals surface area contributed by atoms with Crippen LogP contribution in [0.2, 0.25) is 0 Å². The summed E-state index contributed by atoms with van der Waals surface area (Å²) in [6, 6.07) is 1.61. The lowest BCUT2D eigenvalue weighted by molar-refractivity contribution is 0.0527. The van der Waals surface area contributed by atoms with Crippen LogP contribution in [0.25, 0.3) is 0 Å². The predicted octanol–water partition coefficient (Wildman–Crippen LogP) is 2.69. The van der Waals surface area contributed by atoms with Crippen molar-refractivity contribution < 1.29 is 9.53 Å². The SMILES string of the molecule is CCOC(=O)c1ccnc(NCC(C2CC2)C2CC2)c1N. The number of hydrogen-bond acceptors (Lipinski definition) is 5. The van der Waals surface area contributed by atoms with Crippen LogP contribution in [0.5, 0.6) is 0 Å². The molecule has 1 aromatic heterocycles. The fourth-order valence-corrected chi connectivity index (χ4v) is 2.98. The van der Waals surface area contributed by atoms with Gasteiger partial charge in [-0.15, -0.1) is 0 Å². The predicted molar refractivity (Wildman–Crippen MR) is 82.0 cm³/mol. The minimum Gasteiger partial charge on any atom is -0.462 e. The standard InChI is InChI=1S/C16H23N3O2/c1-2-21-16(20)12-7-8-18-15(14(12)17)19-9-13(10-3-4-10)11-5-6-11/h7-8,10-11,13H,2-6,9,17H2,1H3,(H,18,19). The molecule has 0 spiro atoms. The Kier molecular flexibility index (Phi) is 3.99. The normalized spacial score (nSPS) is 17.8. The number of pyridine rings is 1. The number of esters is 1. The lowest BCUT2D eigenvalue weighted by Crippen LogP contribution is -2.20. The van der Waals surface area contributed by atoms with Crippen molar-refractivity contribution in [2.24, 2.45) is 17.8 Å². The maximum absolute atomic E-state index is 11.8. The van der Waals surface area contributed by atoms with Crippen molar-refractivity contribution in [1.29, 1.82) is 0 Å². The Hall–Kier alpha value is -1.78. The van der Waals surface area contributed by atoms with E-state index >= 15 is 0 Å². The van der Waals surface area contributed by atoms with Gasteiger partial charge in [-0.2, -0.15) is 0 Å². The van der Waals surface area contributed by atoms with Crippen molar-refractivity contribution in [3.8, 4) is 0 Å². The second-order valence-electron chi connectivity index (χ2n) is 6.06. The highest BCUT2D eigenvalue weighted by Gasteiger charge is 2.41. The zero-order valence-corrected chi connectivity index (χ0v) is 12.5. The molecule has 2 aliphatic rings. The third-order valence-corrected chi connectivity index (χ3v) is 4.45. The van der Waals surface area contributed by atoms with Crippen LogP contribution in [0.4, 0.5) is 11.5 Å². The molecule has 2 saturated carbocycles. The number of carbonyl (C=O) groups excluding carboxylic acids is 1. The highest BCUT2D eigenvalue weighted by Crippen LogP contribution is 2.49. The van der Waals surface area contributed by atoms with E-state index in [-0.39, 0.29) is 5.97 Å². The van der Waals surface area contributed by atoms with Crippen molar-refractivity contribution in [1.82, 2.24) is 4.98 Å². The largest absolute Gasteiger partial charge is 0.462 e. The quantitative estimate of drug-likeness (QED) is 0.755. The molecule has 0 aliphatic heterocycles. The molecule has 0 unspecified atom stereocenters. The first-order chi connectivity index (χ1) is 10.2. The molecule has 21 heavy (non-hydrogen) atoms. The molecule has 5 heteroatoms. The minimum absolute atomic E-state index is 0.342. The van der Waals surface area contributed by atoms with Crippen LogP contribution in [-0.4, -0.2) is 24.1 Å². The number of rotatable bonds is 7. The molecular weight excluding hydrogens is 266 g/mol. The summed E-state index contributed by atoms with van der Waals surface area (Å²) in [4.78, 5) is 16.1. The third-order valence-electron chi connectivity index (χ3n) is 4.45. The van der Waals surface area contributed by atoms with E-state index in [0.29, 0.717) is 23.7 Å². The van der Waals surface area contributed by atoms with Crippen LogP contribution in [0.3, 0.4) is 0 Å². The van der Waals surface area contributed by atoms with Gasteiger partial charge >= 0.3 is 5.97 Å². The lowest BCUT2D eigenvalue weighted by atomic mass is 9.98. The molecular formula is C16H23N3O2. The molecule has 3 N–H and O–H groups in total. The van der Waals surface area contributed by atoms with Crippen LogP contribution < -0.4 is 11.1 Å². The van der Waals surface area contributed by atoms with E-state index in [0.717, 1.165) is 24.3 Å². The fourth-order valence-electron chi connectivity index (χ4n) is 2.98. The Morgan fingerprint density at radius 3 is 2.67 bits per heavy atom. The van der Waals surface area contributed by atoms with Gasteiger partial charge in [0.2, 0.25) is 0 Å². The van der Waals surface area contributed by atoms with Crippen LogP contribution in [0.1, 0.15) is 43.0 Å². The first-order valence-corrected chi connectivity index (χ1v) is 7.86. The van der Waals surface area contributed by atoms with Gasteiger partial charge in [-0.3, -0.25) is 0 Å². The average molecular weight is 289 g/mol. The summed E-state index contributed by atoms with van der Waals surface area (Å²) in [6.07, 6.45) is 7.03. The number of nitrogens with two attached hydrogens (primary N) is 1. The van der Waals surface area contributed by atoms with E-state index in [1.165, 1.54) is 25.7 Å². The summed E-state index contributed by atoms with van der Waals surface area (Å²) in [5.74, 6) is 2.70. The molecule has 0 amide bonds. The van der Waals surface area contributed by atoms with Crippen LogP contribution in [0.15, 0.2) is 12.3 Å². The number of hydrogen-bond donors (Lipinski definition) is 2. The van der Waals surface area contributed by atoms with Gasteiger partial charge in [-0.1, -0.05) is 0 Å². The number of anilines is 2. The lowest BCUT2D eigenvalue weighted by Gasteiger charge is -2.18. The molecule has 2 aliphatic carbocycles. The fraction of sp³-hybridized carbons (Fsp3) is 0.625. The van der Waals surface area contributed by atoms with Crippen LogP contribution in [-0.2, 0) is 4.74 Å². The Morgan fingerprint density at radius 1 is 1.43 bits per heavy atom. The Balaban J connectivity index is 1.67. The van der Waals surface area contributed by atoms with Gasteiger partial charge in [0.25, 0.3) is 0 Å². The van der Waals surface area contributed by atoms with Gasteiger partial charge in [0.1, 0.15) is 5.82 Å². The molecule has 0 bridgehead atoms. The van der Waals surface area contributed by atoms with Gasteiger partial charge in [0.15, 0.2) is 0 Å². The average Bonchev–Trinajstić information content (AvgIpc) is 3.35. The topological polar surface area (TPSA) is 77.2 Å². The van der Waals surface area contributed by atoms with Gasteiger partial charge in [0.05, 0.1) is 17.9 Å². The van der Waals surface area contributed by atoms with E-state index in [1.54, 1.807) is 19.2 Å². The maximum Gasteiger partial charge on any atom is 0.340 e. The van der Waals surface area contributed by atoms with Crippen molar-refractivity contribution in [3.05, 3.63) is 17.8 Å². The summed E-state index contributed by atoms with van der Waals surface area (Å²) < 4.78 is 5.01. The van der Waals surface area contributed by atoms with Gasteiger partial charge in [-0.25, -0.2) is 9.78 Å². The second kappa shape index (κ2) is 5.92. The zero-order chi connectivity index (χ0) is 14.8. The van der Waals surface area contributed by atoms with Gasteiger partial charge < -0.3 is 15.8 Å². The number of carbonyl (C=O) groups is 1. The molecule has 1 heterocycles. The number of aromatic nitrogens is 1. The van der Waals surface area contributed by atoms with E-state index < -0.39 is 0 Å². The second-order valence-corrected chi connectivity index (χ2v) is 6.06. The Morgan fingerprint density at radius 2 is 2.10 bits per heavy atom. The monoisotopic (exact) mass is 289 g/mol. The number of nitrogens with one attached hydrogen (secondary N) is 1. The molecule has 5 nitrogen and oxygen atoms in total. The summed E-state index contributed by atoms with van der Waals surface area (Å²) in [5.41, 5.74) is 6.84. The Labute approximate surface area is 125 Å². The molecule has 0 radical (unpaired) electrons. The van der Waals surface area contributed by atoms with E-state index in [4.69, 9.17) is 10.5 Å². The maximum atomic E-state index is 11.8. The van der Waals surface area contributed by atoms with E-state index in [9.17, 15) is 4.79 Å². The van der Waals surface area contributed by atoms with Crippen molar-refractivity contribution in [2.75, 3.05) is 24.2 Å². The van der Waals surface area contributed by atoms with Crippen molar-refractivity contribution in [3.63, 3.8) is 0 Å². The summed E-state index contributed by atoms with van der Waals surface area (Å²) in [6.45, 7) is 3.03. The molecule has 0 aromatic carbocycles. The first kappa shape index (κ1) is 14.2. The number of nitrogen functional groups attached to an aromatic ring is 1. The molecule has 0 saturated heterocycles. The molecule has 2 fully saturated rings. The number of ether oxygens (including phenoxy) is 1. The van der Waals surface area contributed by atoms with Gasteiger partial charge in [0, 0.05) is 12.7 Å². The van der Waals surface area contributed by atoms with E-state index in [1.807, 2.05) is 0 Å². The summed E-state index contributed by atoms with van der Waals surface area (Å²) in [7, 11) is 0.